The van der Waals surface area contributed by atoms with Crippen LogP contribution < -0.4 is 0 Å². The Bertz CT molecular complexity index is 115. The van der Waals surface area contributed by atoms with Gasteiger partial charge in [-0.25, -0.2) is 0 Å². The number of rotatable bonds is 0. The molecule has 1 N–H and O–H groups in total. The van der Waals surface area contributed by atoms with Crippen LogP contribution in [0.25, 0.3) is 0 Å². The number of fused-ring (bicyclic) bond motifs is 2. The van der Waals surface area contributed by atoms with Crippen LogP contribution in [0.15, 0.2) is 0 Å². The maximum atomic E-state index is 9.50. The summed E-state index contributed by atoms with van der Waals surface area (Å²) in [6, 6.07) is 0. The van der Waals surface area contributed by atoms with Crippen LogP contribution in [0.2, 0.25) is 12.6 Å². The minimum atomic E-state index is 0.0336. The molecule has 0 spiro atoms. The minimum absolute atomic E-state index is 0.0336. The van der Waals surface area contributed by atoms with Gasteiger partial charge in [0.25, 0.3) is 6.92 Å². The molecule has 0 aromatic rings. The molecular formula is C9H17BO. The molecule has 2 aliphatic rings. The molecule has 1 nitrogen and oxygen atoms in total. The van der Waals surface area contributed by atoms with Gasteiger partial charge in [-0.3, -0.25) is 0 Å². The summed E-state index contributed by atoms with van der Waals surface area (Å²) < 4.78 is 0. The van der Waals surface area contributed by atoms with Gasteiger partial charge in [0.15, 0.2) is 0 Å². The molecule has 1 aliphatic heterocycles. The molecule has 0 radical (unpaired) electrons. The maximum Gasteiger partial charge on any atom is 0.289 e. The van der Waals surface area contributed by atoms with Gasteiger partial charge in [0.1, 0.15) is 0 Å². The molecule has 0 amide bonds. The van der Waals surface area contributed by atoms with Crippen molar-refractivity contribution in [1.82, 2.24) is 0 Å². The highest BCUT2D eigenvalue weighted by atomic mass is 16.2. The summed E-state index contributed by atoms with van der Waals surface area (Å²) >= 11 is 0. The molecular weight excluding hydrogens is 135 g/mol. The largest absolute Gasteiger partial charge is 0.450 e. The molecule has 2 fully saturated rings. The number of hydrogen-bond donors (Lipinski definition) is 1. The third-order valence-corrected chi connectivity index (χ3v) is 3.35. The monoisotopic (exact) mass is 152 g/mol. The van der Waals surface area contributed by atoms with Crippen LogP contribution in [0.5, 0.6) is 0 Å². The van der Waals surface area contributed by atoms with E-state index in [1.807, 2.05) is 0 Å². The first-order chi connectivity index (χ1) is 5.24. The van der Waals surface area contributed by atoms with Crippen LogP contribution in [0.3, 0.4) is 0 Å². The zero-order chi connectivity index (χ0) is 7.84. The maximum absolute atomic E-state index is 9.50. The lowest BCUT2D eigenvalue weighted by atomic mass is 9.46. The highest BCUT2D eigenvalue weighted by Crippen LogP contribution is 2.42. The number of hydrogen-bond acceptors (Lipinski definition) is 1. The third kappa shape index (κ3) is 1.61. The van der Waals surface area contributed by atoms with E-state index >= 15 is 0 Å². The molecule has 2 unspecified atom stereocenters. The van der Waals surface area contributed by atoms with Gasteiger partial charge >= 0.3 is 0 Å². The highest BCUT2D eigenvalue weighted by molar-refractivity contribution is 6.50. The zero-order valence-electron chi connectivity index (χ0n) is 7.29. The molecule has 2 bridgehead atoms. The van der Waals surface area contributed by atoms with E-state index in [1.165, 1.54) is 19.3 Å². The van der Waals surface area contributed by atoms with Gasteiger partial charge in [-0.1, -0.05) is 6.92 Å². The van der Waals surface area contributed by atoms with Gasteiger partial charge in [0.2, 0.25) is 0 Å². The third-order valence-electron chi connectivity index (χ3n) is 3.35. The van der Waals surface area contributed by atoms with Crippen LogP contribution in [0, 0.1) is 17.8 Å². The highest BCUT2D eigenvalue weighted by Gasteiger charge is 2.35. The van der Waals surface area contributed by atoms with Gasteiger partial charge in [0.05, 0.1) is 0 Å². The molecule has 1 heterocycles. The summed E-state index contributed by atoms with van der Waals surface area (Å²) in [5, 5.41) is 9.50. The summed E-state index contributed by atoms with van der Waals surface area (Å²) in [5.41, 5.74) is 0. The molecule has 2 heteroatoms. The van der Waals surface area contributed by atoms with Crippen LogP contribution in [0.4, 0.5) is 0 Å². The Hall–Kier alpha value is 0.0249. The quantitative estimate of drug-likeness (QED) is 0.526. The topological polar surface area (TPSA) is 20.2 Å². The Balaban J connectivity index is 2.00. The molecule has 2 atom stereocenters. The molecule has 62 valence electrons. The van der Waals surface area contributed by atoms with E-state index in [2.05, 4.69) is 6.92 Å². The summed E-state index contributed by atoms with van der Waals surface area (Å²) in [7, 11) is 0. The standard InChI is InChI=1S/C9H17BO/c1-7-2-8-4-9(3-7)6-10(11)5-8/h7-9,11H,2-6H2,1H3. The van der Waals surface area contributed by atoms with Crippen molar-refractivity contribution in [2.45, 2.75) is 38.8 Å². The van der Waals surface area contributed by atoms with Crippen molar-refractivity contribution in [1.29, 1.82) is 0 Å². The molecule has 0 aromatic heterocycles. The zero-order valence-corrected chi connectivity index (χ0v) is 7.29. The van der Waals surface area contributed by atoms with Crippen molar-refractivity contribution in [3.8, 4) is 0 Å². The smallest absolute Gasteiger partial charge is 0.289 e. The van der Waals surface area contributed by atoms with Crippen molar-refractivity contribution in [2.75, 3.05) is 0 Å². The molecule has 1 saturated heterocycles. The first-order valence-corrected chi connectivity index (χ1v) is 4.92. The van der Waals surface area contributed by atoms with Crippen molar-refractivity contribution in [3.05, 3.63) is 0 Å². The van der Waals surface area contributed by atoms with Crippen molar-refractivity contribution >= 4 is 6.92 Å². The van der Waals surface area contributed by atoms with E-state index in [4.69, 9.17) is 0 Å². The van der Waals surface area contributed by atoms with E-state index in [1.54, 1.807) is 0 Å². The second-order valence-corrected chi connectivity index (χ2v) is 4.67. The van der Waals surface area contributed by atoms with Crippen molar-refractivity contribution in [2.24, 2.45) is 17.8 Å². The van der Waals surface area contributed by atoms with Gasteiger partial charge < -0.3 is 5.02 Å². The predicted molar refractivity (Wildman–Crippen MR) is 47.6 cm³/mol. The Morgan fingerprint density at radius 2 is 1.64 bits per heavy atom. The first-order valence-electron chi connectivity index (χ1n) is 4.92. The lowest BCUT2D eigenvalue weighted by Crippen LogP contribution is -2.34. The van der Waals surface area contributed by atoms with Gasteiger partial charge in [0, 0.05) is 0 Å². The van der Waals surface area contributed by atoms with Crippen LogP contribution >= 0.6 is 0 Å². The molecule has 0 aromatic carbocycles. The van der Waals surface area contributed by atoms with Crippen LogP contribution in [0.1, 0.15) is 26.2 Å². The SMILES string of the molecule is CC1CC2CB(O)CC(C1)C2. The predicted octanol–water partition coefficient (Wildman–Crippen LogP) is 2.04. The summed E-state index contributed by atoms with van der Waals surface area (Å²) in [6.07, 6.45) is 6.31. The van der Waals surface area contributed by atoms with E-state index in [0.29, 0.717) is 0 Å². The van der Waals surface area contributed by atoms with E-state index in [0.717, 1.165) is 30.4 Å². The lowest BCUT2D eigenvalue weighted by molar-refractivity contribution is 0.209. The van der Waals surface area contributed by atoms with Crippen LogP contribution in [-0.2, 0) is 0 Å². The van der Waals surface area contributed by atoms with Crippen LogP contribution in [-0.4, -0.2) is 11.9 Å². The van der Waals surface area contributed by atoms with Crippen molar-refractivity contribution < 1.29 is 5.02 Å². The first kappa shape index (κ1) is 7.66. The van der Waals surface area contributed by atoms with Gasteiger partial charge in [-0.05, 0) is 49.7 Å². The fraction of sp³-hybridized carbons (Fsp3) is 1.00. The fourth-order valence-electron chi connectivity index (χ4n) is 3.15. The second kappa shape index (κ2) is 2.82. The second-order valence-electron chi connectivity index (χ2n) is 4.67. The molecule has 1 saturated carbocycles. The Labute approximate surface area is 69.3 Å². The van der Waals surface area contributed by atoms with Gasteiger partial charge in [-0.2, -0.15) is 0 Å². The Morgan fingerprint density at radius 1 is 1.09 bits per heavy atom. The normalized spacial score (nSPS) is 44.2. The average Bonchev–Trinajstić information content (AvgIpc) is 1.82. The van der Waals surface area contributed by atoms with E-state index < -0.39 is 0 Å². The Morgan fingerprint density at radius 3 is 2.18 bits per heavy atom. The summed E-state index contributed by atoms with van der Waals surface area (Å²) in [5.74, 6) is 2.63. The Kier molecular flexibility index (Phi) is 1.96. The van der Waals surface area contributed by atoms with E-state index in [9.17, 15) is 5.02 Å². The van der Waals surface area contributed by atoms with Gasteiger partial charge in [-0.15, -0.1) is 0 Å². The van der Waals surface area contributed by atoms with E-state index in [-0.39, 0.29) is 6.92 Å². The lowest BCUT2D eigenvalue weighted by Gasteiger charge is -2.38. The average molecular weight is 152 g/mol. The molecule has 2 rings (SSSR count). The summed E-state index contributed by atoms with van der Waals surface area (Å²) in [6.45, 7) is 2.39. The molecule has 1 aliphatic carbocycles. The minimum Gasteiger partial charge on any atom is -0.450 e. The summed E-state index contributed by atoms with van der Waals surface area (Å²) in [4.78, 5) is 0. The fourth-order valence-corrected chi connectivity index (χ4v) is 3.15. The molecule has 11 heavy (non-hydrogen) atoms. The van der Waals surface area contributed by atoms with Crippen molar-refractivity contribution in [3.63, 3.8) is 0 Å².